The number of ketones is 1. The maximum absolute atomic E-state index is 12.1. The van der Waals surface area contributed by atoms with Gasteiger partial charge in [-0.3, -0.25) is 9.59 Å². The summed E-state index contributed by atoms with van der Waals surface area (Å²) in [5.41, 5.74) is 0.616. The third-order valence-electron chi connectivity index (χ3n) is 3.28. The van der Waals surface area contributed by atoms with Crippen LogP contribution in [0.1, 0.15) is 29.6 Å². The molecule has 0 aliphatic heterocycles. The zero-order chi connectivity index (χ0) is 12.4. The molecule has 17 heavy (non-hydrogen) atoms. The van der Waals surface area contributed by atoms with E-state index >= 15 is 0 Å². The van der Waals surface area contributed by atoms with Crippen LogP contribution in [0.3, 0.4) is 0 Å². The zero-order valence-corrected chi connectivity index (χ0v) is 9.98. The smallest absolute Gasteiger partial charge is 0.306 e. The summed E-state index contributed by atoms with van der Waals surface area (Å²) < 4.78 is 0. The van der Waals surface area contributed by atoms with Crippen LogP contribution in [0.2, 0.25) is 5.02 Å². The maximum atomic E-state index is 12.1. The lowest BCUT2D eigenvalue weighted by atomic mass is 9.95. The van der Waals surface area contributed by atoms with Crippen LogP contribution in [0.4, 0.5) is 0 Å². The van der Waals surface area contributed by atoms with E-state index in [-0.39, 0.29) is 17.6 Å². The number of carbonyl (C=O) groups is 2. The van der Waals surface area contributed by atoms with Crippen LogP contribution < -0.4 is 0 Å². The summed E-state index contributed by atoms with van der Waals surface area (Å²) in [6.07, 6.45) is 1.72. The Bertz CT molecular complexity index is 438. The SMILES string of the molecule is O=C(O)[C@@H]1CC[C@H](C(=O)c2ccc(Cl)cc2)C1. The fourth-order valence-corrected chi connectivity index (χ4v) is 2.42. The summed E-state index contributed by atoms with van der Waals surface area (Å²) in [5.74, 6) is -1.28. The van der Waals surface area contributed by atoms with E-state index < -0.39 is 5.97 Å². The molecule has 1 aliphatic rings. The first-order chi connectivity index (χ1) is 8.08. The van der Waals surface area contributed by atoms with Crippen molar-refractivity contribution in [1.29, 1.82) is 0 Å². The molecule has 1 fully saturated rings. The summed E-state index contributed by atoms with van der Waals surface area (Å²) in [4.78, 5) is 22.9. The molecule has 1 saturated carbocycles. The second-order valence-corrected chi connectivity index (χ2v) is 4.85. The average Bonchev–Trinajstić information content (AvgIpc) is 2.78. The standard InChI is InChI=1S/C13H13ClO3/c14-11-5-3-8(4-6-11)12(15)9-1-2-10(7-9)13(16)17/h3-6,9-10H,1-2,7H2,(H,16,17)/t9-,10+/m0/s1. The van der Waals surface area contributed by atoms with Gasteiger partial charge >= 0.3 is 5.97 Å². The number of rotatable bonds is 3. The van der Waals surface area contributed by atoms with Gasteiger partial charge in [-0.25, -0.2) is 0 Å². The fourth-order valence-electron chi connectivity index (χ4n) is 2.29. The number of Topliss-reactive ketones (excluding diaryl/α,β-unsaturated/α-hetero) is 1. The van der Waals surface area contributed by atoms with Crippen LogP contribution in [-0.4, -0.2) is 16.9 Å². The predicted molar refractivity (Wildman–Crippen MR) is 64.2 cm³/mol. The molecule has 0 aromatic heterocycles. The monoisotopic (exact) mass is 252 g/mol. The molecule has 0 spiro atoms. The molecule has 0 radical (unpaired) electrons. The Morgan fingerprint density at radius 3 is 2.24 bits per heavy atom. The van der Waals surface area contributed by atoms with Gasteiger partial charge in [0.25, 0.3) is 0 Å². The molecule has 90 valence electrons. The van der Waals surface area contributed by atoms with Crippen molar-refractivity contribution in [2.45, 2.75) is 19.3 Å². The molecule has 2 atom stereocenters. The van der Waals surface area contributed by atoms with Gasteiger partial charge in [0.2, 0.25) is 0 Å². The number of hydrogen-bond acceptors (Lipinski definition) is 2. The second kappa shape index (κ2) is 4.88. The van der Waals surface area contributed by atoms with Gasteiger partial charge in [0.05, 0.1) is 5.92 Å². The van der Waals surface area contributed by atoms with Gasteiger partial charge in [0, 0.05) is 16.5 Å². The number of carboxylic acid groups (broad SMARTS) is 1. The highest BCUT2D eigenvalue weighted by molar-refractivity contribution is 6.30. The lowest BCUT2D eigenvalue weighted by Gasteiger charge is -2.08. The summed E-state index contributed by atoms with van der Waals surface area (Å²) in [7, 11) is 0. The molecule has 1 aliphatic carbocycles. The summed E-state index contributed by atoms with van der Waals surface area (Å²) in [5, 5.41) is 9.48. The maximum Gasteiger partial charge on any atom is 0.306 e. The predicted octanol–water partition coefficient (Wildman–Crippen LogP) is 3.02. The van der Waals surface area contributed by atoms with Gasteiger partial charge < -0.3 is 5.11 Å². The molecule has 1 aromatic rings. The van der Waals surface area contributed by atoms with Crippen molar-refractivity contribution < 1.29 is 14.7 Å². The lowest BCUT2D eigenvalue weighted by molar-refractivity contribution is -0.141. The Morgan fingerprint density at radius 2 is 1.71 bits per heavy atom. The number of benzene rings is 1. The van der Waals surface area contributed by atoms with Crippen molar-refractivity contribution in [3.63, 3.8) is 0 Å². The molecule has 1 aromatic carbocycles. The first-order valence-electron chi connectivity index (χ1n) is 5.60. The Labute approximate surface area is 104 Å². The van der Waals surface area contributed by atoms with Crippen molar-refractivity contribution in [2.24, 2.45) is 11.8 Å². The average molecular weight is 253 g/mol. The molecule has 2 rings (SSSR count). The lowest BCUT2D eigenvalue weighted by Crippen LogP contribution is -2.14. The summed E-state index contributed by atoms with van der Waals surface area (Å²) in [6.45, 7) is 0. The molecule has 3 nitrogen and oxygen atoms in total. The first kappa shape index (κ1) is 12.1. The van der Waals surface area contributed by atoms with E-state index in [1.54, 1.807) is 24.3 Å². The minimum absolute atomic E-state index is 0.0328. The van der Waals surface area contributed by atoms with Crippen LogP contribution in [-0.2, 0) is 4.79 Å². The van der Waals surface area contributed by atoms with E-state index in [1.807, 2.05) is 0 Å². The van der Waals surface area contributed by atoms with E-state index in [1.165, 1.54) is 0 Å². The molecular formula is C13H13ClO3. The van der Waals surface area contributed by atoms with Crippen LogP contribution in [0, 0.1) is 11.8 Å². The van der Waals surface area contributed by atoms with Gasteiger partial charge in [-0.2, -0.15) is 0 Å². The highest BCUT2D eigenvalue weighted by atomic mass is 35.5. The molecule has 0 amide bonds. The zero-order valence-electron chi connectivity index (χ0n) is 9.23. The molecule has 0 heterocycles. The van der Waals surface area contributed by atoms with Crippen molar-refractivity contribution in [2.75, 3.05) is 0 Å². The van der Waals surface area contributed by atoms with E-state index in [0.29, 0.717) is 29.8 Å². The number of hydrogen-bond donors (Lipinski definition) is 1. The van der Waals surface area contributed by atoms with Crippen LogP contribution >= 0.6 is 11.6 Å². The highest BCUT2D eigenvalue weighted by Gasteiger charge is 2.33. The van der Waals surface area contributed by atoms with E-state index in [0.717, 1.165) is 0 Å². The molecular weight excluding hydrogens is 240 g/mol. The van der Waals surface area contributed by atoms with E-state index in [9.17, 15) is 9.59 Å². The van der Waals surface area contributed by atoms with Crippen molar-refractivity contribution in [1.82, 2.24) is 0 Å². The minimum Gasteiger partial charge on any atom is -0.481 e. The highest BCUT2D eigenvalue weighted by Crippen LogP contribution is 2.33. The molecule has 4 heteroatoms. The number of carboxylic acids is 1. The van der Waals surface area contributed by atoms with E-state index in [2.05, 4.69) is 0 Å². The van der Waals surface area contributed by atoms with Crippen molar-refractivity contribution >= 4 is 23.4 Å². The Hall–Kier alpha value is -1.35. The van der Waals surface area contributed by atoms with Gasteiger partial charge in [-0.05, 0) is 43.5 Å². The molecule has 0 saturated heterocycles. The Morgan fingerprint density at radius 1 is 1.12 bits per heavy atom. The van der Waals surface area contributed by atoms with Gasteiger partial charge in [-0.1, -0.05) is 11.6 Å². The van der Waals surface area contributed by atoms with Crippen LogP contribution in [0.5, 0.6) is 0 Å². The normalized spacial score (nSPS) is 23.6. The molecule has 1 N–H and O–H groups in total. The minimum atomic E-state index is -0.795. The third kappa shape index (κ3) is 2.67. The van der Waals surface area contributed by atoms with Gasteiger partial charge in [0.1, 0.15) is 0 Å². The van der Waals surface area contributed by atoms with Crippen LogP contribution in [0.25, 0.3) is 0 Å². The van der Waals surface area contributed by atoms with E-state index in [4.69, 9.17) is 16.7 Å². The third-order valence-corrected chi connectivity index (χ3v) is 3.53. The Balaban J connectivity index is 2.07. The molecule has 0 bridgehead atoms. The topological polar surface area (TPSA) is 54.4 Å². The van der Waals surface area contributed by atoms with Crippen LogP contribution in [0.15, 0.2) is 24.3 Å². The first-order valence-corrected chi connectivity index (χ1v) is 5.98. The van der Waals surface area contributed by atoms with Crippen molar-refractivity contribution in [3.8, 4) is 0 Å². The van der Waals surface area contributed by atoms with Crippen molar-refractivity contribution in [3.05, 3.63) is 34.9 Å². The van der Waals surface area contributed by atoms with Gasteiger partial charge in [-0.15, -0.1) is 0 Å². The number of aliphatic carboxylic acids is 1. The largest absolute Gasteiger partial charge is 0.481 e. The summed E-state index contributed by atoms with van der Waals surface area (Å²) >= 11 is 5.75. The second-order valence-electron chi connectivity index (χ2n) is 4.42. The number of halogens is 1. The summed E-state index contributed by atoms with van der Waals surface area (Å²) in [6, 6.07) is 6.74. The van der Waals surface area contributed by atoms with Gasteiger partial charge in [0.15, 0.2) is 5.78 Å². The molecule has 0 unspecified atom stereocenters. The fraction of sp³-hybridized carbons (Fsp3) is 0.385. The Kier molecular flexibility index (Phi) is 3.48. The number of carbonyl (C=O) groups excluding carboxylic acids is 1. The quantitative estimate of drug-likeness (QED) is 0.842.